The molecule has 168 valence electrons. The number of rotatable bonds is 7. The average Bonchev–Trinajstić information content (AvgIpc) is 3.29. The Hall–Kier alpha value is -3.58. The lowest BCUT2D eigenvalue weighted by Crippen LogP contribution is -2.28. The second-order valence-corrected chi connectivity index (χ2v) is 8.69. The van der Waals surface area contributed by atoms with Gasteiger partial charge in [0.2, 0.25) is 5.91 Å². The van der Waals surface area contributed by atoms with Gasteiger partial charge in [0.1, 0.15) is 5.75 Å². The van der Waals surface area contributed by atoms with Crippen LogP contribution in [0, 0.1) is 0 Å². The summed E-state index contributed by atoms with van der Waals surface area (Å²) in [6.07, 6.45) is 0.651. The second kappa shape index (κ2) is 10.4. The molecule has 0 saturated carbocycles. The lowest BCUT2D eigenvalue weighted by Gasteiger charge is -2.22. The molecule has 7 heteroatoms. The minimum absolute atomic E-state index is 0.0577. The molecular weight excluding hydrogens is 434 g/mol. The summed E-state index contributed by atoms with van der Waals surface area (Å²) >= 11 is 1.45. The molecule has 3 aromatic carbocycles. The highest BCUT2D eigenvalue weighted by molar-refractivity contribution is 8.00. The monoisotopic (exact) mass is 459 g/mol. The summed E-state index contributed by atoms with van der Waals surface area (Å²) in [5.41, 5.74) is 3.67. The maximum atomic E-state index is 13.2. The number of ether oxygens (including phenoxy) is 1. The standard InChI is InChI=1S/C26H25N3O3S/c1-18(30)27-21-10-14-23(15-11-21)33-17-26(31)29-25(20-8-12-22(32-2)13-9-20)16-24(28-29)19-6-4-3-5-7-19/h3-15,25H,16-17H2,1-2H3,(H,27,30). The topological polar surface area (TPSA) is 71.0 Å². The minimum atomic E-state index is -0.165. The number of nitrogens with one attached hydrogen (secondary N) is 1. The first-order valence-corrected chi connectivity index (χ1v) is 11.6. The highest BCUT2D eigenvalue weighted by Gasteiger charge is 2.33. The van der Waals surface area contributed by atoms with E-state index >= 15 is 0 Å². The van der Waals surface area contributed by atoms with Gasteiger partial charge < -0.3 is 10.1 Å². The van der Waals surface area contributed by atoms with Crippen molar-refractivity contribution in [3.05, 3.63) is 90.0 Å². The van der Waals surface area contributed by atoms with Crippen LogP contribution in [0.25, 0.3) is 0 Å². The van der Waals surface area contributed by atoms with E-state index in [1.807, 2.05) is 78.9 Å². The molecule has 1 N–H and O–H groups in total. The summed E-state index contributed by atoms with van der Waals surface area (Å²) in [6.45, 7) is 1.47. The normalized spacial score (nSPS) is 15.2. The van der Waals surface area contributed by atoms with Crippen LogP contribution in [0.3, 0.4) is 0 Å². The summed E-state index contributed by atoms with van der Waals surface area (Å²) in [5, 5.41) is 9.08. The SMILES string of the molecule is COc1ccc(C2CC(c3ccccc3)=NN2C(=O)CSc2ccc(NC(C)=O)cc2)cc1. The first-order valence-electron chi connectivity index (χ1n) is 10.6. The molecule has 0 spiro atoms. The lowest BCUT2D eigenvalue weighted by molar-refractivity contribution is -0.130. The van der Waals surface area contributed by atoms with Gasteiger partial charge in [-0.15, -0.1) is 11.8 Å². The second-order valence-electron chi connectivity index (χ2n) is 7.64. The quantitative estimate of drug-likeness (QED) is 0.498. The van der Waals surface area contributed by atoms with Crippen LogP contribution in [-0.4, -0.2) is 35.4 Å². The van der Waals surface area contributed by atoms with E-state index in [-0.39, 0.29) is 23.6 Å². The van der Waals surface area contributed by atoms with Gasteiger partial charge in [-0.3, -0.25) is 9.59 Å². The highest BCUT2D eigenvalue weighted by Crippen LogP contribution is 2.34. The summed E-state index contributed by atoms with van der Waals surface area (Å²) in [6, 6.07) is 25.0. The van der Waals surface area contributed by atoms with Gasteiger partial charge >= 0.3 is 0 Å². The molecule has 0 fully saturated rings. The first-order chi connectivity index (χ1) is 16.0. The zero-order chi connectivity index (χ0) is 23.2. The zero-order valence-electron chi connectivity index (χ0n) is 18.5. The van der Waals surface area contributed by atoms with Crippen LogP contribution >= 0.6 is 11.8 Å². The Morgan fingerprint density at radius 2 is 1.73 bits per heavy atom. The van der Waals surface area contributed by atoms with Gasteiger partial charge in [-0.2, -0.15) is 5.10 Å². The molecule has 1 heterocycles. The van der Waals surface area contributed by atoms with Crippen LogP contribution in [0.2, 0.25) is 0 Å². The van der Waals surface area contributed by atoms with E-state index < -0.39 is 0 Å². The van der Waals surface area contributed by atoms with Crippen molar-refractivity contribution in [2.24, 2.45) is 5.10 Å². The van der Waals surface area contributed by atoms with Crippen LogP contribution < -0.4 is 10.1 Å². The van der Waals surface area contributed by atoms with E-state index in [0.29, 0.717) is 6.42 Å². The summed E-state index contributed by atoms with van der Waals surface area (Å²) in [7, 11) is 1.64. The number of carbonyl (C=O) groups is 2. The van der Waals surface area contributed by atoms with E-state index in [9.17, 15) is 9.59 Å². The number of methoxy groups -OCH3 is 1. The van der Waals surface area contributed by atoms with Crippen LogP contribution in [-0.2, 0) is 9.59 Å². The van der Waals surface area contributed by atoms with Gasteiger partial charge in [-0.1, -0.05) is 42.5 Å². The molecule has 1 unspecified atom stereocenters. The molecule has 3 aromatic rings. The Labute approximate surface area is 197 Å². The number of benzene rings is 3. The fourth-order valence-electron chi connectivity index (χ4n) is 3.68. The molecular formula is C26H25N3O3S. The van der Waals surface area contributed by atoms with Gasteiger partial charge in [0.15, 0.2) is 0 Å². The molecule has 1 atom stereocenters. The van der Waals surface area contributed by atoms with Crippen molar-refractivity contribution in [3.8, 4) is 5.75 Å². The van der Waals surface area contributed by atoms with Crippen molar-refractivity contribution in [1.29, 1.82) is 0 Å². The fourth-order valence-corrected chi connectivity index (χ4v) is 4.43. The first kappa shape index (κ1) is 22.6. The van der Waals surface area contributed by atoms with Crippen LogP contribution in [0.15, 0.2) is 88.9 Å². The molecule has 0 saturated heterocycles. The predicted octanol–water partition coefficient (Wildman–Crippen LogP) is 5.12. The maximum Gasteiger partial charge on any atom is 0.253 e. The van der Waals surface area contributed by atoms with E-state index in [1.165, 1.54) is 18.7 Å². The van der Waals surface area contributed by atoms with Crippen molar-refractivity contribution < 1.29 is 14.3 Å². The predicted molar refractivity (Wildman–Crippen MR) is 132 cm³/mol. The number of hydrogen-bond acceptors (Lipinski definition) is 5. The molecule has 33 heavy (non-hydrogen) atoms. The van der Waals surface area contributed by atoms with Crippen molar-refractivity contribution in [1.82, 2.24) is 5.01 Å². The third kappa shape index (κ3) is 5.62. The average molecular weight is 460 g/mol. The number of amides is 2. The lowest BCUT2D eigenvalue weighted by atomic mass is 9.98. The molecule has 0 bridgehead atoms. The smallest absolute Gasteiger partial charge is 0.253 e. The minimum Gasteiger partial charge on any atom is -0.497 e. The zero-order valence-corrected chi connectivity index (χ0v) is 19.3. The number of thioether (sulfide) groups is 1. The van der Waals surface area contributed by atoms with Gasteiger partial charge in [0.25, 0.3) is 5.91 Å². The van der Waals surface area contributed by atoms with Crippen molar-refractivity contribution >= 4 is 35.0 Å². The summed E-state index contributed by atoms with van der Waals surface area (Å²) in [5.74, 6) is 0.864. The molecule has 0 aromatic heterocycles. The molecule has 2 amide bonds. The Bertz CT molecular complexity index is 1150. The van der Waals surface area contributed by atoms with Crippen molar-refractivity contribution in [2.45, 2.75) is 24.3 Å². The molecule has 0 aliphatic carbocycles. The number of hydrogen-bond donors (Lipinski definition) is 1. The van der Waals surface area contributed by atoms with Crippen LogP contribution in [0.4, 0.5) is 5.69 Å². The third-order valence-corrected chi connectivity index (χ3v) is 6.31. The highest BCUT2D eigenvalue weighted by atomic mass is 32.2. The van der Waals surface area contributed by atoms with Gasteiger partial charge in [-0.25, -0.2) is 5.01 Å². The Morgan fingerprint density at radius 1 is 1.03 bits per heavy atom. The molecule has 4 rings (SSSR count). The molecule has 0 radical (unpaired) electrons. The van der Waals surface area contributed by atoms with Crippen LogP contribution in [0.5, 0.6) is 5.75 Å². The van der Waals surface area contributed by atoms with Crippen molar-refractivity contribution in [2.75, 3.05) is 18.2 Å². The summed E-state index contributed by atoms with van der Waals surface area (Å²) in [4.78, 5) is 25.4. The van der Waals surface area contributed by atoms with Crippen molar-refractivity contribution in [3.63, 3.8) is 0 Å². The molecule has 1 aliphatic rings. The number of anilines is 1. The summed E-state index contributed by atoms with van der Waals surface area (Å²) < 4.78 is 5.28. The van der Waals surface area contributed by atoms with E-state index in [4.69, 9.17) is 9.84 Å². The number of nitrogens with zero attached hydrogens (tertiary/aromatic N) is 2. The third-order valence-electron chi connectivity index (χ3n) is 5.31. The largest absolute Gasteiger partial charge is 0.497 e. The molecule has 1 aliphatic heterocycles. The Kier molecular flexibility index (Phi) is 7.10. The van der Waals surface area contributed by atoms with E-state index in [2.05, 4.69) is 5.32 Å². The number of hydrazone groups is 1. The van der Waals surface area contributed by atoms with Gasteiger partial charge in [0.05, 0.1) is 24.6 Å². The maximum absolute atomic E-state index is 13.2. The number of carbonyl (C=O) groups excluding carboxylic acids is 2. The fraction of sp³-hybridized carbons (Fsp3) is 0.192. The van der Waals surface area contributed by atoms with E-state index in [1.54, 1.807) is 12.1 Å². The Balaban J connectivity index is 1.51. The molecule has 6 nitrogen and oxygen atoms in total. The van der Waals surface area contributed by atoms with Crippen LogP contribution in [0.1, 0.15) is 30.5 Å². The Morgan fingerprint density at radius 3 is 2.36 bits per heavy atom. The van der Waals surface area contributed by atoms with Gasteiger partial charge in [-0.05, 0) is 47.5 Å². The van der Waals surface area contributed by atoms with E-state index in [0.717, 1.165) is 33.2 Å². The van der Waals surface area contributed by atoms with Gasteiger partial charge in [0, 0.05) is 23.9 Å².